The molecule has 0 saturated heterocycles. The van der Waals surface area contributed by atoms with Crippen molar-refractivity contribution in [2.45, 2.75) is 39.7 Å². The number of pyridine rings is 1. The monoisotopic (exact) mass is 352 g/mol. The zero-order valence-electron chi connectivity index (χ0n) is 15.6. The fraction of sp³-hybridized carbons (Fsp3) is 0.350. The minimum Gasteiger partial charge on any atom is -0.349 e. The van der Waals surface area contributed by atoms with E-state index >= 15 is 0 Å². The molecule has 0 aliphatic rings. The molecule has 0 aliphatic carbocycles. The number of aromatic amines is 1. The minimum atomic E-state index is -0.134. The molecule has 6 nitrogen and oxygen atoms in total. The third-order valence-electron chi connectivity index (χ3n) is 4.59. The van der Waals surface area contributed by atoms with Crippen molar-refractivity contribution >= 4 is 16.8 Å². The Hall–Kier alpha value is -2.89. The number of amides is 1. The SMILES string of the molecule is Cc1ccc2[nH]c(=O)c(CCC(=O)N[C@@H](C)c3cn(C)nc3C)cc2c1. The minimum absolute atomic E-state index is 0.0792. The van der Waals surface area contributed by atoms with Gasteiger partial charge in [-0.1, -0.05) is 11.6 Å². The van der Waals surface area contributed by atoms with Gasteiger partial charge in [0.1, 0.15) is 0 Å². The van der Waals surface area contributed by atoms with Crippen molar-refractivity contribution < 1.29 is 4.79 Å². The first-order valence-electron chi connectivity index (χ1n) is 8.75. The average Bonchev–Trinajstić information content (AvgIpc) is 2.92. The summed E-state index contributed by atoms with van der Waals surface area (Å²) in [5, 5.41) is 8.27. The highest BCUT2D eigenvalue weighted by atomic mass is 16.1. The van der Waals surface area contributed by atoms with Crippen LogP contribution >= 0.6 is 0 Å². The number of nitrogens with one attached hydrogen (secondary N) is 2. The van der Waals surface area contributed by atoms with Crippen LogP contribution in [0.25, 0.3) is 10.9 Å². The van der Waals surface area contributed by atoms with E-state index < -0.39 is 0 Å². The average molecular weight is 352 g/mol. The van der Waals surface area contributed by atoms with Gasteiger partial charge in [0.25, 0.3) is 5.56 Å². The Labute approximate surface area is 152 Å². The summed E-state index contributed by atoms with van der Waals surface area (Å²) in [5.74, 6) is -0.0792. The summed E-state index contributed by atoms with van der Waals surface area (Å²) in [6, 6.07) is 7.66. The number of H-pyrrole nitrogens is 1. The zero-order chi connectivity index (χ0) is 18.8. The van der Waals surface area contributed by atoms with E-state index in [1.807, 2.05) is 58.3 Å². The summed E-state index contributed by atoms with van der Waals surface area (Å²) >= 11 is 0. The molecule has 3 aromatic rings. The Bertz CT molecular complexity index is 1020. The van der Waals surface area contributed by atoms with Crippen molar-refractivity contribution in [2.24, 2.45) is 7.05 Å². The van der Waals surface area contributed by atoms with Gasteiger partial charge in [-0.15, -0.1) is 0 Å². The summed E-state index contributed by atoms with van der Waals surface area (Å²) in [5.41, 5.74) is 4.35. The van der Waals surface area contributed by atoms with E-state index in [0.29, 0.717) is 12.0 Å². The van der Waals surface area contributed by atoms with Gasteiger partial charge in [0, 0.05) is 36.3 Å². The maximum Gasteiger partial charge on any atom is 0.251 e. The van der Waals surface area contributed by atoms with Gasteiger partial charge in [0.15, 0.2) is 0 Å². The molecular formula is C20H24N4O2. The van der Waals surface area contributed by atoms with Crippen LogP contribution in [0.2, 0.25) is 0 Å². The molecule has 0 unspecified atom stereocenters. The van der Waals surface area contributed by atoms with Crippen LogP contribution in [0.4, 0.5) is 0 Å². The molecule has 2 heterocycles. The molecular weight excluding hydrogens is 328 g/mol. The van der Waals surface area contributed by atoms with E-state index in [1.165, 1.54) is 0 Å². The van der Waals surface area contributed by atoms with Crippen LogP contribution in [-0.2, 0) is 18.3 Å². The lowest BCUT2D eigenvalue weighted by atomic mass is 10.1. The van der Waals surface area contributed by atoms with E-state index in [9.17, 15) is 9.59 Å². The largest absolute Gasteiger partial charge is 0.349 e. The number of benzene rings is 1. The van der Waals surface area contributed by atoms with Crippen molar-refractivity contribution in [2.75, 3.05) is 0 Å². The van der Waals surface area contributed by atoms with Crippen molar-refractivity contribution in [3.63, 3.8) is 0 Å². The van der Waals surface area contributed by atoms with Crippen LogP contribution in [0.15, 0.2) is 35.3 Å². The zero-order valence-corrected chi connectivity index (χ0v) is 15.6. The molecule has 1 aromatic carbocycles. The number of aromatic nitrogens is 3. The first-order chi connectivity index (χ1) is 12.3. The molecule has 136 valence electrons. The van der Waals surface area contributed by atoms with Crippen LogP contribution in [-0.4, -0.2) is 20.7 Å². The van der Waals surface area contributed by atoms with E-state index in [4.69, 9.17) is 0 Å². The second kappa shape index (κ2) is 7.15. The number of carbonyl (C=O) groups excluding carboxylic acids is 1. The van der Waals surface area contributed by atoms with Gasteiger partial charge in [-0.2, -0.15) is 5.10 Å². The number of rotatable bonds is 5. The van der Waals surface area contributed by atoms with Gasteiger partial charge in [-0.05, 0) is 50.8 Å². The van der Waals surface area contributed by atoms with E-state index in [2.05, 4.69) is 15.4 Å². The number of fused-ring (bicyclic) bond motifs is 1. The Balaban J connectivity index is 1.67. The smallest absolute Gasteiger partial charge is 0.251 e. The lowest BCUT2D eigenvalue weighted by Gasteiger charge is -2.13. The van der Waals surface area contributed by atoms with E-state index in [1.54, 1.807) is 4.68 Å². The van der Waals surface area contributed by atoms with Crippen molar-refractivity contribution in [1.29, 1.82) is 0 Å². The summed E-state index contributed by atoms with van der Waals surface area (Å²) in [6.07, 6.45) is 2.59. The highest BCUT2D eigenvalue weighted by Gasteiger charge is 2.15. The third-order valence-corrected chi connectivity index (χ3v) is 4.59. The Morgan fingerprint density at radius 1 is 1.31 bits per heavy atom. The van der Waals surface area contributed by atoms with Crippen LogP contribution in [0.5, 0.6) is 0 Å². The number of aryl methyl sites for hydroxylation is 4. The van der Waals surface area contributed by atoms with Crippen LogP contribution in [0, 0.1) is 13.8 Å². The maximum atomic E-state index is 12.3. The van der Waals surface area contributed by atoms with Crippen LogP contribution in [0.3, 0.4) is 0 Å². The molecule has 0 saturated carbocycles. The molecule has 6 heteroatoms. The molecule has 1 atom stereocenters. The molecule has 3 rings (SSSR count). The molecule has 0 bridgehead atoms. The molecule has 0 radical (unpaired) electrons. The normalized spacial score (nSPS) is 12.3. The molecule has 0 spiro atoms. The summed E-state index contributed by atoms with van der Waals surface area (Å²) in [7, 11) is 1.86. The number of nitrogens with zero attached hydrogens (tertiary/aromatic N) is 2. The summed E-state index contributed by atoms with van der Waals surface area (Å²) in [6.45, 7) is 5.88. The lowest BCUT2D eigenvalue weighted by molar-refractivity contribution is -0.121. The molecule has 26 heavy (non-hydrogen) atoms. The highest BCUT2D eigenvalue weighted by Crippen LogP contribution is 2.16. The Morgan fingerprint density at radius 2 is 2.08 bits per heavy atom. The van der Waals surface area contributed by atoms with Gasteiger partial charge in [-0.25, -0.2) is 0 Å². The van der Waals surface area contributed by atoms with Gasteiger partial charge in [0.05, 0.1) is 11.7 Å². The van der Waals surface area contributed by atoms with Gasteiger partial charge in [-0.3, -0.25) is 14.3 Å². The number of hydrogen-bond acceptors (Lipinski definition) is 3. The molecule has 1 amide bonds. The van der Waals surface area contributed by atoms with Crippen LogP contribution < -0.4 is 10.9 Å². The third kappa shape index (κ3) is 3.85. The predicted octanol–water partition coefficient (Wildman–Crippen LogP) is 2.69. The molecule has 2 N–H and O–H groups in total. The molecule has 0 aliphatic heterocycles. The predicted molar refractivity (Wildman–Crippen MR) is 102 cm³/mol. The summed E-state index contributed by atoms with van der Waals surface area (Å²) in [4.78, 5) is 27.4. The maximum absolute atomic E-state index is 12.3. The second-order valence-electron chi connectivity index (χ2n) is 6.85. The highest BCUT2D eigenvalue weighted by molar-refractivity contribution is 5.80. The topological polar surface area (TPSA) is 79.8 Å². The fourth-order valence-corrected chi connectivity index (χ4v) is 3.24. The van der Waals surface area contributed by atoms with Crippen molar-refractivity contribution in [1.82, 2.24) is 20.1 Å². The van der Waals surface area contributed by atoms with Crippen molar-refractivity contribution in [3.8, 4) is 0 Å². The lowest BCUT2D eigenvalue weighted by Crippen LogP contribution is -2.27. The van der Waals surface area contributed by atoms with Crippen LogP contribution in [0.1, 0.15) is 41.8 Å². The quantitative estimate of drug-likeness (QED) is 0.741. The second-order valence-corrected chi connectivity index (χ2v) is 6.85. The Morgan fingerprint density at radius 3 is 2.77 bits per heavy atom. The van der Waals surface area contributed by atoms with E-state index in [-0.39, 0.29) is 23.9 Å². The van der Waals surface area contributed by atoms with Crippen molar-refractivity contribution in [3.05, 3.63) is 63.2 Å². The van der Waals surface area contributed by atoms with Gasteiger partial charge in [0.2, 0.25) is 5.91 Å². The molecule has 2 aromatic heterocycles. The standard InChI is InChI=1S/C20H24N4O2/c1-12-5-7-18-16(9-12)10-15(20(26)22-18)6-8-19(25)21-13(2)17-11-24(4)23-14(17)3/h5,7,9-11,13H,6,8H2,1-4H3,(H,21,25)(H,22,26)/t13-/m0/s1. The number of carbonyl (C=O) groups is 1. The van der Waals surface area contributed by atoms with Gasteiger partial charge >= 0.3 is 0 Å². The summed E-state index contributed by atoms with van der Waals surface area (Å²) < 4.78 is 1.74. The fourth-order valence-electron chi connectivity index (χ4n) is 3.24. The Kier molecular flexibility index (Phi) is 4.93. The molecule has 0 fully saturated rings. The van der Waals surface area contributed by atoms with E-state index in [0.717, 1.165) is 27.7 Å². The number of hydrogen-bond donors (Lipinski definition) is 2. The van der Waals surface area contributed by atoms with Gasteiger partial charge < -0.3 is 10.3 Å². The first-order valence-corrected chi connectivity index (χ1v) is 8.75. The first kappa shape index (κ1) is 17.9.